The molecule has 7 heteroatoms. The molecular weight excluding hydrogens is 292 g/mol. The average Bonchev–Trinajstić information content (AvgIpc) is 2.44. The lowest BCUT2D eigenvalue weighted by Crippen LogP contribution is -2.35. The summed E-state index contributed by atoms with van der Waals surface area (Å²) >= 11 is 0. The number of benzene rings is 1. The smallest absolute Gasteiger partial charge is 0.328 e. The van der Waals surface area contributed by atoms with Crippen LogP contribution in [-0.2, 0) is 19.6 Å². The molecule has 0 fully saturated rings. The first-order chi connectivity index (χ1) is 9.81. The summed E-state index contributed by atoms with van der Waals surface area (Å²) in [5, 5.41) is 3.05. The van der Waals surface area contributed by atoms with Gasteiger partial charge in [0.25, 0.3) is 0 Å². The number of ether oxygens (including phenoxy) is 1. The summed E-state index contributed by atoms with van der Waals surface area (Å²) in [7, 11) is -2.12. The van der Waals surface area contributed by atoms with E-state index in [0.717, 1.165) is 0 Å². The number of sulfonamides is 1. The number of hydrogen-bond acceptors (Lipinski definition) is 5. The van der Waals surface area contributed by atoms with Crippen molar-refractivity contribution in [2.24, 2.45) is 5.92 Å². The molecule has 1 aromatic rings. The standard InChI is InChI=1S/C14H22N2O4S/c1-5-15-21(18,19)12-8-6-11(7-9-12)16-13(10(2)3)14(17)20-4/h6-10,13,15-16H,5H2,1-4H3. The Morgan fingerprint density at radius 3 is 2.24 bits per heavy atom. The van der Waals surface area contributed by atoms with Gasteiger partial charge in [0.2, 0.25) is 10.0 Å². The van der Waals surface area contributed by atoms with Gasteiger partial charge in [-0.2, -0.15) is 0 Å². The fourth-order valence-electron chi connectivity index (χ4n) is 1.81. The second kappa shape index (κ2) is 7.42. The molecule has 0 heterocycles. The molecule has 0 aromatic heterocycles. The number of methoxy groups -OCH3 is 1. The number of esters is 1. The quantitative estimate of drug-likeness (QED) is 0.747. The van der Waals surface area contributed by atoms with Gasteiger partial charge in [-0.05, 0) is 30.2 Å². The van der Waals surface area contributed by atoms with Gasteiger partial charge in [0, 0.05) is 12.2 Å². The molecular formula is C14H22N2O4S. The molecule has 2 N–H and O–H groups in total. The number of carbonyl (C=O) groups is 1. The van der Waals surface area contributed by atoms with E-state index >= 15 is 0 Å². The van der Waals surface area contributed by atoms with Crippen molar-refractivity contribution in [3.8, 4) is 0 Å². The molecule has 0 spiro atoms. The lowest BCUT2D eigenvalue weighted by Gasteiger charge is -2.21. The maximum atomic E-state index is 11.8. The molecule has 1 rings (SSSR count). The van der Waals surface area contributed by atoms with E-state index in [9.17, 15) is 13.2 Å². The fourth-order valence-corrected chi connectivity index (χ4v) is 2.85. The monoisotopic (exact) mass is 314 g/mol. The summed E-state index contributed by atoms with van der Waals surface area (Å²) < 4.78 is 30.8. The van der Waals surface area contributed by atoms with Crippen molar-refractivity contribution in [2.45, 2.75) is 31.7 Å². The van der Waals surface area contributed by atoms with Crippen LogP contribution in [0.25, 0.3) is 0 Å². The van der Waals surface area contributed by atoms with Gasteiger partial charge in [0.1, 0.15) is 6.04 Å². The first-order valence-electron chi connectivity index (χ1n) is 6.76. The van der Waals surface area contributed by atoms with E-state index in [1.54, 1.807) is 19.1 Å². The van der Waals surface area contributed by atoms with Gasteiger partial charge in [-0.1, -0.05) is 20.8 Å². The Hall–Kier alpha value is -1.60. The predicted molar refractivity (Wildman–Crippen MR) is 81.6 cm³/mol. The molecule has 0 bridgehead atoms. The number of rotatable bonds is 7. The minimum atomic E-state index is -3.46. The van der Waals surface area contributed by atoms with Gasteiger partial charge >= 0.3 is 5.97 Å². The summed E-state index contributed by atoms with van der Waals surface area (Å²) in [5.41, 5.74) is 0.662. The Balaban J connectivity index is 2.90. The van der Waals surface area contributed by atoms with E-state index in [2.05, 4.69) is 10.0 Å². The van der Waals surface area contributed by atoms with Crippen molar-refractivity contribution in [1.29, 1.82) is 0 Å². The van der Waals surface area contributed by atoms with Crippen LogP contribution in [0.4, 0.5) is 5.69 Å². The Kier molecular flexibility index (Phi) is 6.17. The Labute approximate surface area is 125 Å². The molecule has 1 unspecified atom stereocenters. The van der Waals surface area contributed by atoms with Crippen LogP contribution < -0.4 is 10.0 Å². The van der Waals surface area contributed by atoms with E-state index in [1.165, 1.54) is 19.2 Å². The maximum absolute atomic E-state index is 11.8. The Morgan fingerprint density at radius 1 is 1.24 bits per heavy atom. The lowest BCUT2D eigenvalue weighted by molar-refractivity contribution is -0.142. The Morgan fingerprint density at radius 2 is 1.81 bits per heavy atom. The van der Waals surface area contributed by atoms with E-state index < -0.39 is 16.1 Å². The van der Waals surface area contributed by atoms with Crippen molar-refractivity contribution >= 4 is 21.7 Å². The first kappa shape index (κ1) is 17.5. The highest BCUT2D eigenvalue weighted by Crippen LogP contribution is 2.17. The molecule has 1 atom stereocenters. The number of nitrogens with one attached hydrogen (secondary N) is 2. The van der Waals surface area contributed by atoms with Gasteiger partial charge in [-0.15, -0.1) is 0 Å². The van der Waals surface area contributed by atoms with Crippen molar-refractivity contribution in [2.75, 3.05) is 19.0 Å². The van der Waals surface area contributed by atoms with Crippen molar-refractivity contribution < 1.29 is 17.9 Å². The summed E-state index contributed by atoms with van der Waals surface area (Å²) in [4.78, 5) is 11.9. The van der Waals surface area contributed by atoms with Gasteiger partial charge < -0.3 is 10.1 Å². The molecule has 0 aliphatic rings. The number of anilines is 1. The van der Waals surface area contributed by atoms with E-state index in [-0.39, 0.29) is 16.8 Å². The van der Waals surface area contributed by atoms with Crippen LogP contribution in [-0.4, -0.2) is 34.1 Å². The third kappa shape index (κ3) is 4.71. The highest BCUT2D eigenvalue weighted by molar-refractivity contribution is 7.89. The van der Waals surface area contributed by atoms with E-state index in [1.807, 2.05) is 13.8 Å². The van der Waals surface area contributed by atoms with Gasteiger partial charge in [0.05, 0.1) is 12.0 Å². The van der Waals surface area contributed by atoms with Crippen LogP contribution in [0.2, 0.25) is 0 Å². The predicted octanol–water partition coefficient (Wildman–Crippen LogP) is 1.59. The van der Waals surface area contributed by atoms with Crippen molar-refractivity contribution in [1.82, 2.24) is 4.72 Å². The van der Waals surface area contributed by atoms with Crippen LogP contribution in [0.15, 0.2) is 29.2 Å². The summed E-state index contributed by atoms with van der Waals surface area (Å²) in [6, 6.07) is 5.76. The molecule has 0 amide bonds. The van der Waals surface area contributed by atoms with Crippen LogP contribution in [0, 0.1) is 5.92 Å². The summed E-state index contributed by atoms with van der Waals surface area (Å²) in [5.74, 6) is -0.308. The summed E-state index contributed by atoms with van der Waals surface area (Å²) in [6.45, 7) is 5.86. The Bertz CT molecular complexity index is 567. The lowest BCUT2D eigenvalue weighted by atomic mass is 10.0. The molecule has 0 saturated carbocycles. The first-order valence-corrected chi connectivity index (χ1v) is 8.24. The number of hydrogen-bond donors (Lipinski definition) is 2. The molecule has 118 valence electrons. The van der Waals surface area contributed by atoms with Crippen LogP contribution in [0.3, 0.4) is 0 Å². The third-order valence-corrected chi connectivity index (χ3v) is 4.50. The zero-order chi connectivity index (χ0) is 16.0. The van der Waals surface area contributed by atoms with Crippen LogP contribution in [0.5, 0.6) is 0 Å². The largest absolute Gasteiger partial charge is 0.467 e. The van der Waals surface area contributed by atoms with Gasteiger partial charge in [-0.3, -0.25) is 0 Å². The highest BCUT2D eigenvalue weighted by atomic mass is 32.2. The third-order valence-electron chi connectivity index (χ3n) is 2.94. The van der Waals surface area contributed by atoms with Gasteiger partial charge in [0.15, 0.2) is 0 Å². The SMILES string of the molecule is CCNS(=O)(=O)c1ccc(NC(C(=O)OC)C(C)C)cc1. The summed E-state index contributed by atoms with van der Waals surface area (Å²) in [6.07, 6.45) is 0. The fraction of sp³-hybridized carbons (Fsp3) is 0.500. The number of carbonyl (C=O) groups excluding carboxylic acids is 1. The maximum Gasteiger partial charge on any atom is 0.328 e. The van der Waals surface area contributed by atoms with Crippen molar-refractivity contribution in [3.63, 3.8) is 0 Å². The molecule has 0 aliphatic heterocycles. The molecule has 6 nitrogen and oxygen atoms in total. The normalized spacial score (nSPS) is 13.0. The van der Waals surface area contributed by atoms with E-state index in [0.29, 0.717) is 12.2 Å². The second-order valence-corrected chi connectivity index (χ2v) is 6.68. The zero-order valence-electron chi connectivity index (χ0n) is 12.7. The van der Waals surface area contributed by atoms with Gasteiger partial charge in [-0.25, -0.2) is 17.9 Å². The minimum absolute atomic E-state index is 0.0441. The molecule has 0 radical (unpaired) electrons. The van der Waals surface area contributed by atoms with E-state index in [4.69, 9.17) is 4.74 Å². The zero-order valence-corrected chi connectivity index (χ0v) is 13.5. The molecule has 0 aliphatic carbocycles. The molecule has 0 saturated heterocycles. The minimum Gasteiger partial charge on any atom is -0.467 e. The van der Waals surface area contributed by atoms with Crippen molar-refractivity contribution in [3.05, 3.63) is 24.3 Å². The molecule has 1 aromatic carbocycles. The topological polar surface area (TPSA) is 84.5 Å². The average molecular weight is 314 g/mol. The van der Waals surface area contributed by atoms with Crippen LogP contribution in [0.1, 0.15) is 20.8 Å². The highest BCUT2D eigenvalue weighted by Gasteiger charge is 2.22. The molecule has 21 heavy (non-hydrogen) atoms. The van der Waals surface area contributed by atoms with Crippen LogP contribution >= 0.6 is 0 Å². The second-order valence-electron chi connectivity index (χ2n) is 4.91.